The Bertz CT molecular complexity index is 125. The van der Waals surface area contributed by atoms with Crippen molar-refractivity contribution < 1.29 is 0 Å². The molecule has 1 N–H and O–H groups in total. The fourth-order valence-electron chi connectivity index (χ4n) is 0.462. The Labute approximate surface area is 63.2 Å². The first kappa shape index (κ1) is 9.24. The molecule has 2 nitrogen and oxygen atoms in total. The van der Waals surface area contributed by atoms with Gasteiger partial charge in [-0.05, 0) is 13.1 Å². The molecule has 0 amide bonds. The molecule has 0 aliphatic rings. The monoisotopic (exact) mass is 140 g/mol. The van der Waals surface area contributed by atoms with Crippen molar-refractivity contribution in [1.29, 1.82) is 0 Å². The molecule has 10 heavy (non-hydrogen) atoms. The Hall–Kier alpha value is -0.760. The molecule has 0 aromatic heterocycles. The number of nitrogens with one attached hydrogen (secondary N) is 1. The van der Waals surface area contributed by atoms with E-state index in [1.807, 2.05) is 38.2 Å². The van der Waals surface area contributed by atoms with Gasteiger partial charge in [0, 0.05) is 26.3 Å². The maximum atomic E-state index is 3.84. The van der Waals surface area contributed by atoms with Crippen molar-refractivity contribution in [2.45, 2.75) is 0 Å². The standard InChI is InChI=1S/C8H16N2/c1-8(10(3)4)6-5-7-9-2/h5-6,9H,1,7H2,2-4H3/b6-5+. The van der Waals surface area contributed by atoms with Gasteiger partial charge in [0.2, 0.25) is 0 Å². The summed E-state index contributed by atoms with van der Waals surface area (Å²) in [6, 6.07) is 0. The average Bonchev–Trinajstić information content (AvgIpc) is 1.88. The Morgan fingerprint density at radius 1 is 1.60 bits per heavy atom. The summed E-state index contributed by atoms with van der Waals surface area (Å²) in [6.07, 6.45) is 4.04. The van der Waals surface area contributed by atoms with Crippen LogP contribution < -0.4 is 5.32 Å². The normalized spacial score (nSPS) is 10.3. The van der Waals surface area contributed by atoms with Gasteiger partial charge in [-0.1, -0.05) is 12.7 Å². The maximum absolute atomic E-state index is 3.84. The molecule has 0 rings (SSSR count). The lowest BCUT2D eigenvalue weighted by molar-refractivity contribution is 0.532. The van der Waals surface area contributed by atoms with Gasteiger partial charge in [0.05, 0.1) is 0 Å². The second kappa shape index (κ2) is 5.06. The Kier molecular flexibility index (Phi) is 4.67. The highest BCUT2D eigenvalue weighted by Crippen LogP contribution is 1.94. The number of hydrogen-bond acceptors (Lipinski definition) is 2. The van der Waals surface area contributed by atoms with Gasteiger partial charge in [-0.25, -0.2) is 0 Å². The summed E-state index contributed by atoms with van der Waals surface area (Å²) >= 11 is 0. The zero-order valence-corrected chi connectivity index (χ0v) is 7.02. The van der Waals surface area contributed by atoms with E-state index in [4.69, 9.17) is 0 Å². The van der Waals surface area contributed by atoms with Crippen LogP contribution in [0.5, 0.6) is 0 Å². The third-order valence-electron chi connectivity index (χ3n) is 1.21. The van der Waals surface area contributed by atoms with Crippen LogP contribution in [0.2, 0.25) is 0 Å². The molecule has 0 saturated carbocycles. The lowest BCUT2D eigenvalue weighted by Gasteiger charge is -2.10. The fraction of sp³-hybridized carbons (Fsp3) is 0.500. The minimum atomic E-state index is 0.896. The SMILES string of the molecule is C=C(/C=C/CNC)N(C)C. The van der Waals surface area contributed by atoms with Gasteiger partial charge in [0.15, 0.2) is 0 Å². The summed E-state index contributed by atoms with van der Waals surface area (Å²) < 4.78 is 0. The molecular formula is C8H16N2. The van der Waals surface area contributed by atoms with E-state index in [1.165, 1.54) is 0 Å². The Morgan fingerprint density at radius 3 is 2.60 bits per heavy atom. The van der Waals surface area contributed by atoms with Crippen LogP contribution in [-0.2, 0) is 0 Å². The van der Waals surface area contributed by atoms with E-state index in [2.05, 4.69) is 11.9 Å². The quantitative estimate of drug-likeness (QED) is 0.582. The van der Waals surface area contributed by atoms with Crippen molar-refractivity contribution in [2.24, 2.45) is 0 Å². The van der Waals surface area contributed by atoms with E-state index in [0.717, 1.165) is 12.2 Å². The van der Waals surface area contributed by atoms with Crippen LogP contribution in [0.1, 0.15) is 0 Å². The van der Waals surface area contributed by atoms with E-state index < -0.39 is 0 Å². The molecule has 0 fully saturated rings. The smallest absolute Gasteiger partial charge is 0.0285 e. The number of rotatable bonds is 4. The lowest BCUT2D eigenvalue weighted by atomic mass is 10.4. The van der Waals surface area contributed by atoms with Crippen molar-refractivity contribution in [3.8, 4) is 0 Å². The molecule has 0 aromatic rings. The molecule has 0 heterocycles. The van der Waals surface area contributed by atoms with Crippen LogP contribution in [0, 0.1) is 0 Å². The first-order chi connectivity index (χ1) is 4.68. The number of hydrogen-bond donors (Lipinski definition) is 1. The molecule has 2 heteroatoms. The molecule has 0 aromatic carbocycles. The van der Waals surface area contributed by atoms with Crippen LogP contribution in [0.15, 0.2) is 24.4 Å². The van der Waals surface area contributed by atoms with E-state index in [1.54, 1.807) is 0 Å². The number of nitrogens with zero attached hydrogens (tertiary/aromatic N) is 1. The summed E-state index contributed by atoms with van der Waals surface area (Å²) in [6.45, 7) is 4.73. The predicted octanol–water partition coefficient (Wildman–Crippen LogP) is 0.837. The van der Waals surface area contributed by atoms with Crippen molar-refractivity contribution in [1.82, 2.24) is 10.2 Å². The summed E-state index contributed by atoms with van der Waals surface area (Å²) in [5.74, 6) is 0. The van der Waals surface area contributed by atoms with E-state index in [-0.39, 0.29) is 0 Å². The molecule has 0 radical (unpaired) electrons. The zero-order chi connectivity index (χ0) is 7.98. The average molecular weight is 140 g/mol. The van der Waals surface area contributed by atoms with Gasteiger partial charge in [-0.15, -0.1) is 0 Å². The van der Waals surface area contributed by atoms with Gasteiger partial charge in [0.25, 0.3) is 0 Å². The first-order valence-corrected chi connectivity index (χ1v) is 3.36. The van der Waals surface area contributed by atoms with Crippen LogP contribution in [0.3, 0.4) is 0 Å². The molecule has 0 aliphatic heterocycles. The van der Waals surface area contributed by atoms with Crippen molar-refractivity contribution in [2.75, 3.05) is 27.7 Å². The van der Waals surface area contributed by atoms with Gasteiger partial charge < -0.3 is 10.2 Å². The first-order valence-electron chi connectivity index (χ1n) is 3.36. The zero-order valence-electron chi connectivity index (χ0n) is 7.02. The molecule has 0 spiro atoms. The van der Waals surface area contributed by atoms with Crippen molar-refractivity contribution >= 4 is 0 Å². The number of likely N-dealkylation sites (N-methyl/N-ethyl adjacent to an activating group) is 2. The second-order valence-corrected chi connectivity index (χ2v) is 2.35. The van der Waals surface area contributed by atoms with E-state index in [9.17, 15) is 0 Å². The van der Waals surface area contributed by atoms with Gasteiger partial charge >= 0.3 is 0 Å². The third-order valence-corrected chi connectivity index (χ3v) is 1.21. The summed E-state index contributed by atoms with van der Waals surface area (Å²) in [4.78, 5) is 1.98. The van der Waals surface area contributed by atoms with Crippen LogP contribution in [0.25, 0.3) is 0 Å². The summed E-state index contributed by atoms with van der Waals surface area (Å²) in [5.41, 5.74) is 1.02. The highest BCUT2D eigenvalue weighted by Gasteiger charge is 1.86. The molecule has 0 atom stereocenters. The van der Waals surface area contributed by atoms with Crippen molar-refractivity contribution in [3.63, 3.8) is 0 Å². The molecular weight excluding hydrogens is 124 g/mol. The summed E-state index contributed by atoms with van der Waals surface area (Å²) in [7, 11) is 5.88. The van der Waals surface area contributed by atoms with Gasteiger partial charge in [0.1, 0.15) is 0 Å². The number of allylic oxidation sites excluding steroid dienone is 1. The highest BCUT2D eigenvalue weighted by molar-refractivity contribution is 5.12. The lowest BCUT2D eigenvalue weighted by Crippen LogP contribution is -2.09. The molecule has 0 saturated heterocycles. The maximum Gasteiger partial charge on any atom is 0.0285 e. The molecule has 0 aliphatic carbocycles. The minimum absolute atomic E-state index is 0.896. The van der Waals surface area contributed by atoms with Crippen LogP contribution >= 0.6 is 0 Å². The van der Waals surface area contributed by atoms with Gasteiger partial charge in [-0.2, -0.15) is 0 Å². The predicted molar refractivity (Wildman–Crippen MR) is 45.9 cm³/mol. The largest absolute Gasteiger partial charge is 0.378 e. The Morgan fingerprint density at radius 2 is 2.20 bits per heavy atom. The van der Waals surface area contributed by atoms with Gasteiger partial charge in [-0.3, -0.25) is 0 Å². The van der Waals surface area contributed by atoms with E-state index in [0.29, 0.717) is 0 Å². The van der Waals surface area contributed by atoms with Crippen LogP contribution in [0.4, 0.5) is 0 Å². The Balaban J connectivity index is 3.56. The summed E-state index contributed by atoms with van der Waals surface area (Å²) in [5, 5.41) is 3.02. The topological polar surface area (TPSA) is 15.3 Å². The van der Waals surface area contributed by atoms with E-state index >= 15 is 0 Å². The van der Waals surface area contributed by atoms with Crippen molar-refractivity contribution in [3.05, 3.63) is 24.4 Å². The highest BCUT2D eigenvalue weighted by atomic mass is 15.1. The molecule has 0 bridgehead atoms. The third kappa shape index (κ3) is 4.15. The molecule has 0 unspecified atom stereocenters. The van der Waals surface area contributed by atoms with Crippen LogP contribution in [-0.4, -0.2) is 32.6 Å². The minimum Gasteiger partial charge on any atom is -0.378 e. The second-order valence-electron chi connectivity index (χ2n) is 2.35. The fourth-order valence-corrected chi connectivity index (χ4v) is 0.462. The molecule has 58 valence electrons.